The third kappa shape index (κ3) is 3.73. The van der Waals surface area contributed by atoms with Gasteiger partial charge in [0.05, 0.1) is 11.7 Å². The molecule has 1 aliphatic carbocycles. The lowest BCUT2D eigenvalue weighted by molar-refractivity contribution is -0.121. The van der Waals surface area contributed by atoms with Gasteiger partial charge in [-0.3, -0.25) is 9.78 Å². The number of pyridine rings is 1. The number of hydrogen-bond acceptors (Lipinski definition) is 3. The first-order valence-corrected chi connectivity index (χ1v) is 7.82. The summed E-state index contributed by atoms with van der Waals surface area (Å²) in [4.78, 5) is 16.4. The molecular formula is C14H20N2OS. The number of amides is 1. The predicted octanol–water partition coefficient (Wildman–Crippen LogP) is 2.71. The summed E-state index contributed by atoms with van der Waals surface area (Å²) in [5, 5.41) is 3.14. The van der Waals surface area contributed by atoms with Crippen LogP contribution in [0.5, 0.6) is 0 Å². The Labute approximate surface area is 113 Å². The zero-order valence-corrected chi connectivity index (χ0v) is 11.8. The maximum absolute atomic E-state index is 11.9. The number of carbonyl (C=O) groups is 1. The molecule has 0 radical (unpaired) electrons. The summed E-state index contributed by atoms with van der Waals surface area (Å²) in [7, 11) is 0. The highest BCUT2D eigenvalue weighted by Gasteiger charge is 2.34. The van der Waals surface area contributed by atoms with Crippen molar-refractivity contribution in [3.05, 3.63) is 29.6 Å². The lowest BCUT2D eigenvalue weighted by Crippen LogP contribution is -2.30. The van der Waals surface area contributed by atoms with E-state index < -0.39 is 0 Å². The summed E-state index contributed by atoms with van der Waals surface area (Å²) in [6, 6.07) is 6.13. The zero-order valence-electron chi connectivity index (χ0n) is 11.0. The van der Waals surface area contributed by atoms with Crippen LogP contribution < -0.4 is 5.32 Å². The molecule has 0 bridgehead atoms. The Morgan fingerprint density at radius 3 is 2.94 bits per heavy atom. The first-order valence-electron chi connectivity index (χ1n) is 6.42. The molecule has 0 aromatic carbocycles. The van der Waals surface area contributed by atoms with Crippen molar-refractivity contribution in [1.82, 2.24) is 10.3 Å². The van der Waals surface area contributed by atoms with Gasteiger partial charge in [0.1, 0.15) is 0 Å². The quantitative estimate of drug-likeness (QED) is 0.859. The molecule has 1 fully saturated rings. The highest BCUT2D eigenvalue weighted by Crippen LogP contribution is 2.40. The molecule has 18 heavy (non-hydrogen) atoms. The van der Waals surface area contributed by atoms with Crippen LogP contribution in [0.2, 0.25) is 0 Å². The van der Waals surface area contributed by atoms with Crippen LogP contribution in [0.15, 0.2) is 18.2 Å². The first kappa shape index (κ1) is 13.4. The van der Waals surface area contributed by atoms with Gasteiger partial charge in [-0.15, -0.1) is 0 Å². The Morgan fingerprint density at radius 1 is 1.56 bits per heavy atom. The van der Waals surface area contributed by atoms with Crippen molar-refractivity contribution in [2.24, 2.45) is 5.92 Å². The monoisotopic (exact) mass is 264 g/mol. The topological polar surface area (TPSA) is 42.0 Å². The second-order valence-electron chi connectivity index (χ2n) is 4.83. The van der Waals surface area contributed by atoms with E-state index in [-0.39, 0.29) is 11.9 Å². The Balaban J connectivity index is 2.02. The fourth-order valence-corrected chi connectivity index (χ4v) is 2.43. The normalized spacial score (nSPS) is 16.3. The van der Waals surface area contributed by atoms with Crippen LogP contribution in [0.1, 0.15) is 36.7 Å². The van der Waals surface area contributed by atoms with Crippen molar-refractivity contribution in [3.63, 3.8) is 0 Å². The van der Waals surface area contributed by atoms with E-state index in [9.17, 15) is 4.79 Å². The third-order valence-corrected chi connectivity index (χ3v) is 3.78. The fourth-order valence-electron chi connectivity index (χ4n) is 2.04. The number of nitrogens with one attached hydrogen (secondary N) is 1. The lowest BCUT2D eigenvalue weighted by Gasteiger charge is -2.18. The fraction of sp³-hybridized carbons (Fsp3) is 0.571. The van der Waals surface area contributed by atoms with E-state index in [0.717, 1.165) is 17.1 Å². The second-order valence-corrected chi connectivity index (χ2v) is 5.81. The van der Waals surface area contributed by atoms with Crippen molar-refractivity contribution >= 4 is 17.7 Å². The standard InChI is InChI=1S/C14H20N2OS/c1-10-4-3-5-12(15-10)14(11-6-7-11)16-13(17)8-9-18-2/h3-5,11,14H,6-9H2,1-2H3,(H,16,17)/t14-/m1/s1. The van der Waals surface area contributed by atoms with E-state index in [0.29, 0.717) is 12.3 Å². The van der Waals surface area contributed by atoms with Gasteiger partial charge in [-0.25, -0.2) is 0 Å². The molecule has 1 aromatic rings. The average molecular weight is 264 g/mol. The summed E-state index contributed by atoms with van der Waals surface area (Å²) in [6.07, 6.45) is 5.01. The summed E-state index contributed by atoms with van der Waals surface area (Å²) < 4.78 is 0. The van der Waals surface area contributed by atoms with Gasteiger partial charge in [0.2, 0.25) is 5.91 Å². The van der Waals surface area contributed by atoms with Crippen molar-refractivity contribution in [1.29, 1.82) is 0 Å². The highest BCUT2D eigenvalue weighted by atomic mass is 32.2. The van der Waals surface area contributed by atoms with Gasteiger partial charge in [-0.05, 0) is 44.1 Å². The molecule has 1 aromatic heterocycles. The first-order chi connectivity index (χ1) is 8.70. The SMILES string of the molecule is CSCCC(=O)N[C@@H](c1cccc(C)n1)C1CC1. The Bertz CT molecular complexity index is 418. The summed E-state index contributed by atoms with van der Waals surface area (Å²) in [6.45, 7) is 1.99. The molecule has 1 amide bonds. The summed E-state index contributed by atoms with van der Waals surface area (Å²) in [5.74, 6) is 1.60. The van der Waals surface area contributed by atoms with E-state index in [1.165, 1.54) is 12.8 Å². The van der Waals surface area contributed by atoms with E-state index in [1.807, 2.05) is 31.4 Å². The van der Waals surface area contributed by atoms with E-state index >= 15 is 0 Å². The molecule has 2 rings (SSSR count). The Kier molecular flexibility index (Phi) is 4.64. The maximum atomic E-state index is 11.9. The van der Waals surface area contributed by atoms with E-state index in [2.05, 4.69) is 10.3 Å². The van der Waals surface area contributed by atoms with Crippen LogP contribution in [-0.4, -0.2) is 22.9 Å². The molecule has 1 saturated carbocycles. The number of nitrogens with zero attached hydrogens (tertiary/aromatic N) is 1. The molecule has 1 atom stereocenters. The zero-order chi connectivity index (χ0) is 13.0. The van der Waals surface area contributed by atoms with Gasteiger partial charge < -0.3 is 5.32 Å². The number of aromatic nitrogens is 1. The van der Waals surface area contributed by atoms with Crippen LogP contribution in [0.3, 0.4) is 0 Å². The Morgan fingerprint density at radius 2 is 2.33 bits per heavy atom. The van der Waals surface area contributed by atoms with E-state index in [1.54, 1.807) is 11.8 Å². The molecule has 1 N–H and O–H groups in total. The number of aryl methyl sites for hydroxylation is 1. The smallest absolute Gasteiger partial charge is 0.221 e. The van der Waals surface area contributed by atoms with Crippen molar-refractivity contribution in [2.45, 2.75) is 32.2 Å². The predicted molar refractivity (Wildman–Crippen MR) is 75.6 cm³/mol. The van der Waals surface area contributed by atoms with Gasteiger partial charge in [-0.2, -0.15) is 11.8 Å². The second kappa shape index (κ2) is 6.23. The van der Waals surface area contributed by atoms with Crippen molar-refractivity contribution in [3.8, 4) is 0 Å². The van der Waals surface area contributed by atoms with Crippen LogP contribution in [-0.2, 0) is 4.79 Å². The van der Waals surface area contributed by atoms with Crippen LogP contribution in [0.25, 0.3) is 0 Å². The van der Waals surface area contributed by atoms with Crippen molar-refractivity contribution in [2.75, 3.05) is 12.0 Å². The largest absolute Gasteiger partial charge is 0.347 e. The molecule has 0 aliphatic heterocycles. The summed E-state index contributed by atoms with van der Waals surface area (Å²) in [5.41, 5.74) is 2.02. The van der Waals surface area contributed by atoms with Crippen LogP contribution in [0, 0.1) is 12.8 Å². The van der Waals surface area contributed by atoms with Crippen LogP contribution in [0.4, 0.5) is 0 Å². The molecular weight excluding hydrogens is 244 g/mol. The number of rotatable bonds is 6. The maximum Gasteiger partial charge on any atom is 0.221 e. The minimum atomic E-state index is 0.110. The highest BCUT2D eigenvalue weighted by molar-refractivity contribution is 7.98. The van der Waals surface area contributed by atoms with Gasteiger partial charge in [0.15, 0.2) is 0 Å². The minimum Gasteiger partial charge on any atom is -0.347 e. The molecule has 3 nitrogen and oxygen atoms in total. The number of hydrogen-bond donors (Lipinski definition) is 1. The Hall–Kier alpha value is -1.03. The third-order valence-electron chi connectivity index (χ3n) is 3.17. The number of thioether (sulfide) groups is 1. The molecule has 0 saturated heterocycles. The minimum absolute atomic E-state index is 0.110. The number of carbonyl (C=O) groups excluding carboxylic acids is 1. The molecule has 0 spiro atoms. The van der Waals surface area contributed by atoms with Gasteiger partial charge in [0.25, 0.3) is 0 Å². The molecule has 98 valence electrons. The van der Waals surface area contributed by atoms with Crippen LogP contribution >= 0.6 is 11.8 Å². The molecule has 1 heterocycles. The lowest BCUT2D eigenvalue weighted by atomic mass is 10.1. The molecule has 0 unspecified atom stereocenters. The van der Waals surface area contributed by atoms with E-state index in [4.69, 9.17) is 0 Å². The average Bonchev–Trinajstić information content (AvgIpc) is 3.17. The van der Waals surface area contributed by atoms with Gasteiger partial charge in [-0.1, -0.05) is 6.07 Å². The molecule has 1 aliphatic rings. The van der Waals surface area contributed by atoms with Gasteiger partial charge >= 0.3 is 0 Å². The summed E-state index contributed by atoms with van der Waals surface area (Å²) >= 11 is 1.70. The van der Waals surface area contributed by atoms with Crippen molar-refractivity contribution < 1.29 is 4.79 Å². The van der Waals surface area contributed by atoms with Gasteiger partial charge in [0, 0.05) is 17.9 Å². The molecule has 4 heteroatoms.